The summed E-state index contributed by atoms with van der Waals surface area (Å²) in [6.07, 6.45) is 6.72. The fourth-order valence-electron chi connectivity index (χ4n) is 2.97. The molecule has 0 spiro atoms. The number of likely N-dealkylation sites (N-methyl/N-ethyl adjacent to an activating group) is 1. The van der Waals surface area contributed by atoms with Gasteiger partial charge in [0.1, 0.15) is 0 Å². The second-order valence-electron chi connectivity index (χ2n) is 6.13. The molecular formula is C17H37N3. The van der Waals surface area contributed by atoms with Crippen LogP contribution in [0.15, 0.2) is 0 Å². The van der Waals surface area contributed by atoms with Crippen LogP contribution in [0.5, 0.6) is 0 Å². The SMILES string of the molecule is CCCC(CNC1CC1)N(CC)CCCN(CC)CC. The second kappa shape index (κ2) is 10.6. The number of rotatable bonds is 13. The van der Waals surface area contributed by atoms with E-state index in [0.29, 0.717) is 0 Å². The van der Waals surface area contributed by atoms with Gasteiger partial charge in [0.25, 0.3) is 0 Å². The molecule has 120 valence electrons. The molecule has 3 nitrogen and oxygen atoms in total. The van der Waals surface area contributed by atoms with Crippen molar-refractivity contribution in [2.75, 3.05) is 39.3 Å². The third kappa shape index (κ3) is 7.05. The van der Waals surface area contributed by atoms with E-state index in [1.807, 2.05) is 0 Å². The zero-order valence-corrected chi connectivity index (χ0v) is 14.3. The maximum absolute atomic E-state index is 3.73. The zero-order valence-electron chi connectivity index (χ0n) is 14.3. The minimum atomic E-state index is 0.738. The lowest BCUT2D eigenvalue weighted by molar-refractivity contribution is 0.176. The minimum Gasteiger partial charge on any atom is -0.312 e. The van der Waals surface area contributed by atoms with Gasteiger partial charge in [-0.05, 0) is 58.4 Å². The highest BCUT2D eigenvalue weighted by Gasteiger charge is 2.23. The van der Waals surface area contributed by atoms with E-state index in [-0.39, 0.29) is 0 Å². The fraction of sp³-hybridized carbons (Fsp3) is 1.00. The van der Waals surface area contributed by atoms with Gasteiger partial charge in [-0.2, -0.15) is 0 Å². The first-order valence-corrected chi connectivity index (χ1v) is 8.94. The summed E-state index contributed by atoms with van der Waals surface area (Å²) in [5, 5.41) is 3.73. The smallest absolute Gasteiger partial charge is 0.0220 e. The van der Waals surface area contributed by atoms with Crippen LogP contribution in [0.3, 0.4) is 0 Å². The summed E-state index contributed by atoms with van der Waals surface area (Å²) in [7, 11) is 0. The van der Waals surface area contributed by atoms with E-state index in [0.717, 1.165) is 12.1 Å². The highest BCUT2D eigenvalue weighted by molar-refractivity contribution is 4.84. The Morgan fingerprint density at radius 2 is 1.70 bits per heavy atom. The molecule has 0 aliphatic heterocycles. The molecule has 0 aromatic heterocycles. The van der Waals surface area contributed by atoms with E-state index < -0.39 is 0 Å². The predicted molar refractivity (Wildman–Crippen MR) is 89.4 cm³/mol. The molecular weight excluding hydrogens is 246 g/mol. The number of nitrogens with zero attached hydrogens (tertiary/aromatic N) is 2. The summed E-state index contributed by atoms with van der Waals surface area (Å²) in [5.41, 5.74) is 0. The largest absolute Gasteiger partial charge is 0.312 e. The van der Waals surface area contributed by atoms with Crippen molar-refractivity contribution in [1.29, 1.82) is 0 Å². The summed E-state index contributed by atoms with van der Waals surface area (Å²) in [5.74, 6) is 0. The average Bonchev–Trinajstić information content (AvgIpc) is 3.28. The van der Waals surface area contributed by atoms with Crippen molar-refractivity contribution in [3.05, 3.63) is 0 Å². The number of nitrogens with one attached hydrogen (secondary N) is 1. The summed E-state index contributed by atoms with van der Waals surface area (Å²) >= 11 is 0. The van der Waals surface area contributed by atoms with Crippen molar-refractivity contribution in [3.63, 3.8) is 0 Å². The molecule has 1 rings (SSSR count). The molecule has 3 heteroatoms. The van der Waals surface area contributed by atoms with Gasteiger partial charge < -0.3 is 10.2 Å². The van der Waals surface area contributed by atoms with Crippen molar-refractivity contribution in [3.8, 4) is 0 Å². The van der Waals surface area contributed by atoms with E-state index in [9.17, 15) is 0 Å². The van der Waals surface area contributed by atoms with Gasteiger partial charge in [-0.25, -0.2) is 0 Å². The Labute approximate surface area is 127 Å². The van der Waals surface area contributed by atoms with Crippen LogP contribution in [0.1, 0.15) is 59.8 Å². The molecule has 0 amide bonds. The van der Waals surface area contributed by atoms with Crippen LogP contribution in [0.2, 0.25) is 0 Å². The van der Waals surface area contributed by atoms with Gasteiger partial charge in [0.15, 0.2) is 0 Å². The Hall–Kier alpha value is -0.120. The Bertz CT molecular complexity index is 224. The van der Waals surface area contributed by atoms with Crippen molar-refractivity contribution in [1.82, 2.24) is 15.1 Å². The Morgan fingerprint density at radius 1 is 1.00 bits per heavy atom. The van der Waals surface area contributed by atoms with Crippen LogP contribution in [0.4, 0.5) is 0 Å². The molecule has 1 aliphatic carbocycles. The van der Waals surface area contributed by atoms with Gasteiger partial charge in [0.05, 0.1) is 0 Å². The summed E-state index contributed by atoms with van der Waals surface area (Å²) < 4.78 is 0. The van der Waals surface area contributed by atoms with Crippen LogP contribution in [-0.4, -0.2) is 61.2 Å². The molecule has 1 saturated carbocycles. The molecule has 0 heterocycles. The van der Waals surface area contributed by atoms with Crippen molar-refractivity contribution < 1.29 is 0 Å². The first kappa shape index (κ1) is 17.9. The standard InChI is InChI=1S/C17H37N3/c1-5-10-17(15-18-16-11-12-16)20(8-4)14-9-13-19(6-2)7-3/h16-18H,5-15H2,1-4H3. The van der Waals surface area contributed by atoms with Crippen LogP contribution in [0.25, 0.3) is 0 Å². The van der Waals surface area contributed by atoms with E-state index in [4.69, 9.17) is 0 Å². The van der Waals surface area contributed by atoms with Gasteiger partial charge in [0, 0.05) is 18.6 Å². The summed E-state index contributed by atoms with van der Waals surface area (Å²) in [4.78, 5) is 5.23. The first-order chi connectivity index (χ1) is 9.74. The number of hydrogen-bond acceptors (Lipinski definition) is 3. The summed E-state index contributed by atoms with van der Waals surface area (Å²) in [6.45, 7) is 16.4. The molecule has 1 aliphatic rings. The normalized spacial score (nSPS) is 17.1. The van der Waals surface area contributed by atoms with Gasteiger partial charge >= 0.3 is 0 Å². The lowest BCUT2D eigenvalue weighted by Gasteiger charge is -2.31. The third-order valence-electron chi connectivity index (χ3n) is 4.58. The van der Waals surface area contributed by atoms with Crippen LogP contribution < -0.4 is 5.32 Å². The van der Waals surface area contributed by atoms with E-state index in [1.54, 1.807) is 0 Å². The molecule has 0 saturated heterocycles. The Morgan fingerprint density at radius 3 is 2.20 bits per heavy atom. The molecule has 20 heavy (non-hydrogen) atoms. The van der Waals surface area contributed by atoms with Gasteiger partial charge in [-0.3, -0.25) is 4.90 Å². The van der Waals surface area contributed by atoms with Crippen LogP contribution >= 0.6 is 0 Å². The average molecular weight is 284 g/mol. The monoisotopic (exact) mass is 283 g/mol. The van der Waals surface area contributed by atoms with E-state index in [2.05, 4.69) is 42.8 Å². The molecule has 0 radical (unpaired) electrons. The highest BCUT2D eigenvalue weighted by Crippen LogP contribution is 2.19. The number of hydrogen-bond donors (Lipinski definition) is 1. The van der Waals surface area contributed by atoms with E-state index in [1.165, 1.54) is 71.4 Å². The van der Waals surface area contributed by atoms with Crippen LogP contribution in [-0.2, 0) is 0 Å². The predicted octanol–water partition coefficient (Wildman–Crippen LogP) is 2.96. The second-order valence-corrected chi connectivity index (χ2v) is 6.13. The van der Waals surface area contributed by atoms with Crippen molar-refractivity contribution >= 4 is 0 Å². The van der Waals surface area contributed by atoms with E-state index >= 15 is 0 Å². The Kier molecular flexibility index (Phi) is 9.49. The molecule has 1 unspecified atom stereocenters. The topological polar surface area (TPSA) is 18.5 Å². The fourth-order valence-corrected chi connectivity index (χ4v) is 2.97. The lowest BCUT2D eigenvalue weighted by atomic mass is 10.1. The minimum absolute atomic E-state index is 0.738. The quantitative estimate of drug-likeness (QED) is 0.561. The Balaban J connectivity index is 2.30. The first-order valence-electron chi connectivity index (χ1n) is 8.94. The zero-order chi connectivity index (χ0) is 14.8. The van der Waals surface area contributed by atoms with Gasteiger partial charge in [0.2, 0.25) is 0 Å². The summed E-state index contributed by atoms with van der Waals surface area (Å²) in [6, 6.07) is 1.58. The molecule has 1 fully saturated rings. The van der Waals surface area contributed by atoms with Crippen molar-refractivity contribution in [2.24, 2.45) is 0 Å². The molecule has 0 bridgehead atoms. The van der Waals surface area contributed by atoms with Crippen LogP contribution in [0, 0.1) is 0 Å². The van der Waals surface area contributed by atoms with Gasteiger partial charge in [-0.15, -0.1) is 0 Å². The molecule has 1 N–H and O–H groups in total. The molecule has 0 aromatic rings. The lowest BCUT2D eigenvalue weighted by Crippen LogP contribution is -2.44. The maximum Gasteiger partial charge on any atom is 0.0220 e. The highest BCUT2D eigenvalue weighted by atomic mass is 15.2. The molecule has 1 atom stereocenters. The third-order valence-corrected chi connectivity index (χ3v) is 4.58. The van der Waals surface area contributed by atoms with Gasteiger partial charge in [-0.1, -0.05) is 34.1 Å². The maximum atomic E-state index is 3.73. The molecule has 0 aromatic carbocycles. The van der Waals surface area contributed by atoms with Crippen molar-refractivity contribution in [2.45, 2.75) is 71.9 Å².